The Balaban J connectivity index is 1.71. The third-order valence-electron chi connectivity index (χ3n) is 2.66. The van der Waals surface area contributed by atoms with Crippen LogP contribution in [0.25, 0.3) is 0 Å². The van der Waals surface area contributed by atoms with Crippen molar-refractivity contribution in [3.8, 4) is 0 Å². The van der Waals surface area contributed by atoms with Gasteiger partial charge in [-0.3, -0.25) is 0 Å². The van der Waals surface area contributed by atoms with Crippen LogP contribution < -0.4 is 5.32 Å². The van der Waals surface area contributed by atoms with Gasteiger partial charge in [0.2, 0.25) is 0 Å². The molecule has 102 valence electrons. The Labute approximate surface area is 123 Å². The Morgan fingerprint density at radius 3 is 2.89 bits per heavy atom. The second-order valence-electron chi connectivity index (χ2n) is 4.33. The number of rotatable bonds is 8. The number of thiazole rings is 1. The molecule has 0 saturated heterocycles. The molecule has 1 aromatic carbocycles. The van der Waals surface area contributed by atoms with E-state index in [9.17, 15) is 0 Å². The van der Waals surface area contributed by atoms with Gasteiger partial charge in [0.05, 0.1) is 5.69 Å². The van der Waals surface area contributed by atoms with Crippen LogP contribution in [0.4, 0.5) is 5.69 Å². The average molecular weight is 292 g/mol. The van der Waals surface area contributed by atoms with E-state index < -0.39 is 0 Å². The fraction of sp³-hybridized carbons (Fsp3) is 0.400. The minimum Gasteiger partial charge on any atom is -0.385 e. The zero-order valence-electron chi connectivity index (χ0n) is 11.3. The highest BCUT2D eigenvalue weighted by Gasteiger charge is 2.02. The van der Waals surface area contributed by atoms with Crippen LogP contribution in [-0.2, 0) is 12.2 Å². The van der Waals surface area contributed by atoms with E-state index in [1.165, 1.54) is 28.6 Å². The van der Waals surface area contributed by atoms with Gasteiger partial charge in [0.15, 0.2) is 0 Å². The predicted molar refractivity (Wildman–Crippen MR) is 87.2 cm³/mol. The number of thioether (sulfide) groups is 1. The highest BCUT2D eigenvalue weighted by Crippen LogP contribution is 2.17. The van der Waals surface area contributed by atoms with Gasteiger partial charge in [-0.25, -0.2) is 4.98 Å². The van der Waals surface area contributed by atoms with Gasteiger partial charge in [-0.15, -0.1) is 11.3 Å². The first-order chi connectivity index (χ1) is 9.38. The zero-order valence-corrected chi connectivity index (χ0v) is 12.9. The van der Waals surface area contributed by atoms with E-state index in [4.69, 9.17) is 0 Å². The van der Waals surface area contributed by atoms with Crippen molar-refractivity contribution in [1.82, 2.24) is 4.98 Å². The normalized spacial score (nSPS) is 10.6. The van der Waals surface area contributed by atoms with Crippen molar-refractivity contribution in [2.24, 2.45) is 0 Å². The van der Waals surface area contributed by atoms with Gasteiger partial charge in [-0.05, 0) is 24.3 Å². The van der Waals surface area contributed by atoms with Crippen LogP contribution in [0.5, 0.6) is 0 Å². The van der Waals surface area contributed by atoms with Gasteiger partial charge in [0, 0.05) is 29.8 Å². The summed E-state index contributed by atoms with van der Waals surface area (Å²) in [6.07, 6.45) is 2.23. The van der Waals surface area contributed by atoms with Crippen LogP contribution in [0.15, 0.2) is 35.7 Å². The standard InChI is InChI=1S/C15H20N2S2/c1-2-10-18-12-15-17-14(11-19-15)8-9-16-13-6-4-3-5-7-13/h3-7,11,16H,2,8-10,12H2,1H3. The van der Waals surface area contributed by atoms with E-state index in [0.29, 0.717) is 0 Å². The number of anilines is 1. The first-order valence-electron chi connectivity index (χ1n) is 6.68. The number of benzene rings is 1. The molecule has 0 aliphatic carbocycles. The maximum Gasteiger partial charge on any atom is 0.103 e. The van der Waals surface area contributed by atoms with Gasteiger partial charge in [0.1, 0.15) is 5.01 Å². The summed E-state index contributed by atoms with van der Waals surface area (Å²) in [5.74, 6) is 2.29. The van der Waals surface area contributed by atoms with E-state index in [-0.39, 0.29) is 0 Å². The maximum atomic E-state index is 4.67. The van der Waals surface area contributed by atoms with Crippen molar-refractivity contribution < 1.29 is 0 Å². The molecule has 0 bridgehead atoms. The number of nitrogens with one attached hydrogen (secondary N) is 1. The summed E-state index contributed by atoms with van der Waals surface area (Å²) >= 11 is 3.76. The van der Waals surface area contributed by atoms with Crippen molar-refractivity contribution >= 4 is 28.8 Å². The molecule has 1 heterocycles. The van der Waals surface area contributed by atoms with Crippen molar-refractivity contribution in [1.29, 1.82) is 0 Å². The lowest BCUT2D eigenvalue weighted by Crippen LogP contribution is -2.04. The second kappa shape index (κ2) is 8.23. The summed E-state index contributed by atoms with van der Waals surface area (Å²) < 4.78 is 0. The number of hydrogen-bond acceptors (Lipinski definition) is 4. The van der Waals surface area contributed by atoms with Crippen molar-refractivity contribution in [2.45, 2.75) is 25.5 Å². The predicted octanol–water partition coefficient (Wildman–Crippen LogP) is 4.44. The number of nitrogens with zero attached hydrogens (tertiary/aromatic N) is 1. The van der Waals surface area contributed by atoms with Gasteiger partial charge >= 0.3 is 0 Å². The molecular weight excluding hydrogens is 272 g/mol. The van der Waals surface area contributed by atoms with E-state index in [2.05, 4.69) is 34.7 Å². The van der Waals surface area contributed by atoms with Gasteiger partial charge in [0.25, 0.3) is 0 Å². The Hall–Kier alpha value is -1.00. The van der Waals surface area contributed by atoms with Crippen LogP contribution in [0.1, 0.15) is 24.0 Å². The summed E-state index contributed by atoms with van der Waals surface area (Å²) in [6, 6.07) is 10.3. The molecule has 2 nitrogen and oxygen atoms in total. The quantitative estimate of drug-likeness (QED) is 0.728. The fourth-order valence-electron chi connectivity index (χ4n) is 1.72. The number of para-hydroxylation sites is 1. The lowest BCUT2D eigenvalue weighted by Gasteiger charge is -2.04. The molecule has 1 aromatic heterocycles. The third kappa shape index (κ3) is 5.25. The van der Waals surface area contributed by atoms with Crippen LogP contribution in [0, 0.1) is 0 Å². The summed E-state index contributed by atoms with van der Waals surface area (Å²) in [6.45, 7) is 3.16. The number of aromatic nitrogens is 1. The molecule has 1 N–H and O–H groups in total. The molecule has 4 heteroatoms. The molecule has 0 aliphatic rings. The molecule has 19 heavy (non-hydrogen) atoms. The average Bonchev–Trinajstić information content (AvgIpc) is 2.88. The highest BCUT2D eigenvalue weighted by atomic mass is 32.2. The highest BCUT2D eigenvalue weighted by molar-refractivity contribution is 7.98. The van der Waals surface area contributed by atoms with Gasteiger partial charge in [-0.1, -0.05) is 25.1 Å². The SMILES string of the molecule is CCCSCc1nc(CCNc2ccccc2)cs1. The lowest BCUT2D eigenvalue weighted by molar-refractivity contribution is 0.966. The first kappa shape index (κ1) is 14.4. The summed E-state index contributed by atoms with van der Waals surface area (Å²) in [5.41, 5.74) is 2.39. The van der Waals surface area contributed by atoms with Crippen LogP contribution in [0.3, 0.4) is 0 Å². The summed E-state index contributed by atoms with van der Waals surface area (Å²) in [5, 5.41) is 6.86. The molecule has 0 saturated carbocycles. The smallest absolute Gasteiger partial charge is 0.103 e. The van der Waals surface area contributed by atoms with Gasteiger partial charge < -0.3 is 5.32 Å². The Morgan fingerprint density at radius 2 is 2.11 bits per heavy atom. The van der Waals surface area contributed by atoms with Gasteiger partial charge in [-0.2, -0.15) is 11.8 Å². The van der Waals surface area contributed by atoms with Crippen molar-refractivity contribution in [3.05, 3.63) is 46.4 Å². The molecule has 0 amide bonds. The molecule has 0 unspecified atom stereocenters. The van der Waals surface area contributed by atoms with Crippen LogP contribution in [-0.4, -0.2) is 17.3 Å². The summed E-state index contributed by atoms with van der Waals surface area (Å²) in [4.78, 5) is 4.67. The fourth-order valence-corrected chi connectivity index (χ4v) is 3.53. The Kier molecular flexibility index (Phi) is 6.24. The van der Waals surface area contributed by atoms with Crippen molar-refractivity contribution in [2.75, 3.05) is 17.6 Å². The maximum absolute atomic E-state index is 4.67. The molecule has 0 atom stereocenters. The topological polar surface area (TPSA) is 24.9 Å². The van der Waals surface area contributed by atoms with E-state index in [1.807, 2.05) is 30.0 Å². The molecule has 0 aliphatic heterocycles. The second-order valence-corrected chi connectivity index (χ2v) is 6.38. The zero-order chi connectivity index (χ0) is 13.3. The van der Waals surface area contributed by atoms with Crippen LogP contribution >= 0.6 is 23.1 Å². The monoisotopic (exact) mass is 292 g/mol. The minimum absolute atomic E-state index is 0.940. The Bertz CT molecular complexity index is 468. The largest absolute Gasteiger partial charge is 0.385 e. The third-order valence-corrected chi connectivity index (χ3v) is 4.91. The lowest BCUT2D eigenvalue weighted by atomic mass is 10.3. The molecule has 0 fully saturated rings. The number of hydrogen-bond donors (Lipinski definition) is 1. The van der Waals surface area contributed by atoms with E-state index >= 15 is 0 Å². The van der Waals surface area contributed by atoms with Crippen molar-refractivity contribution in [3.63, 3.8) is 0 Å². The van der Waals surface area contributed by atoms with Crippen LogP contribution in [0.2, 0.25) is 0 Å². The first-order valence-corrected chi connectivity index (χ1v) is 8.72. The molecule has 2 aromatic rings. The molecular formula is C15H20N2S2. The Morgan fingerprint density at radius 1 is 1.26 bits per heavy atom. The minimum atomic E-state index is 0.940. The molecule has 0 radical (unpaired) electrons. The molecule has 0 spiro atoms. The molecule has 2 rings (SSSR count). The van der Waals surface area contributed by atoms with E-state index in [1.54, 1.807) is 11.3 Å². The van der Waals surface area contributed by atoms with E-state index in [0.717, 1.165) is 18.7 Å². The summed E-state index contributed by atoms with van der Waals surface area (Å²) in [7, 11) is 0.